The van der Waals surface area contributed by atoms with E-state index >= 15 is 0 Å². The summed E-state index contributed by atoms with van der Waals surface area (Å²) in [7, 11) is 4.23. The average Bonchev–Trinajstić information content (AvgIpc) is 2.77. The Balaban J connectivity index is 0.00000216. The molecule has 3 aromatic rings. The maximum absolute atomic E-state index is 12.4. The maximum atomic E-state index is 12.4. The molecule has 0 saturated heterocycles. The van der Waals surface area contributed by atoms with Gasteiger partial charge in [0.15, 0.2) is 11.5 Å². The molecule has 0 amide bonds. The van der Waals surface area contributed by atoms with E-state index in [0.29, 0.717) is 33.8 Å². The average molecular weight is 560 g/mol. The van der Waals surface area contributed by atoms with Gasteiger partial charge in [0, 0.05) is 24.3 Å². The molecule has 0 aliphatic heterocycles. The van der Waals surface area contributed by atoms with Gasteiger partial charge in [0.25, 0.3) is 0 Å². The van der Waals surface area contributed by atoms with Crippen LogP contribution in [0.25, 0.3) is 22.3 Å². The second-order valence-corrected chi connectivity index (χ2v) is 9.89. The molecule has 2 heterocycles. The van der Waals surface area contributed by atoms with E-state index in [4.69, 9.17) is 28.2 Å². The molecule has 2 N–H and O–H groups in total. The van der Waals surface area contributed by atoms with Gasteiger partial charge in [-0.2, -0.15) is 0 Å². The summed E-state index contributed by atoms with van der Waals surface area (Å²) in [6.07, 6.45) is 6.01. The smallest absolute Gasteiger partial charge is 0.163 e. The quantitative estimate of drug-likeness (QED) is 0.320. The number of rotatable bonds is 6. The zero-order valence-corrected chi connectivity index (χ0v) is 23.0. The molecule has 10 heteroatoms. The Kier molecular flexibility index (Phi) is 10.4. The van der Waals surface area contributed by atoms with Gasteiger partial charge in [-0.25, -0.2) is 4.98 Å². The Bertz CT molecular complexity index is 1170. The first-order chi connectivity index (χ1) is 15.7. The third kappa shape index (κ3) is 6.69. The van der Waals surface area contributed by atoms with Crippen LogP contribution in [0, 0.1) is 5.92 Å². The molecule has 6 nitrogen and oxygen atoms in total. The van der Waals surface area contributed by atoms with Crippen LogP contribution in [0.1, 0.15) is 43.0 Å². The van der Waals surface area contributed by atoms with Crippen LogP contribution in [0.4, 0.5) is 5.69 Å². The summed E-state index contributed by atoms with van der Waals surface area (Å²) < 4.78 is 0. The van der Waals surface area contributed by atoms with Gasteiger partial charge in [-0.3, -0.25) is 9.78 Å². The number of carbonyl (C=O) groups excluding carboxylic acids is 1. The Morgan fingerprint density at radius 1 is 1.11 bits per heavy atom. The lowest BCUT2D eigenvalue weighted by Crippen LogP contribution is -2.31. The molecule has 0 spiro atoms. The molecule has 0 bridgehead atoms. The topological polar surface area (TPSA) is 78.3 Å². The van der Waals surface area contributed by atoms with Crippen molar-refractivity contribution in [2.45, 2.75) is 38.6 Å². The summed E-state index contributed by atoms with van der Waals surface area (Å²) in [6.45, 7) is 2.65. The predicted octanol–water partition coefficient (Wildman–Crippen LogP) is 6.89. The first kappa shape index (κ1) is 29.4. The van der Waals surface area contributed by atoms with Crippen molar-refractivity contribution < 1.29 is 9.90 Å². The lowest BCUT2D eigenvalue weighted by molar-refractivity contribution is 0.101. The van der Waals surface area contributed by atoms with Crippen LogP contribution in [0.2, 0.25) is 10.0 Å². The number of hydrogen-bond acceptors (Lipinski definition) is 6. The van der Waals surface area contributed by atoms with E-state index in [1.165, 1.54) is 0 Å². The van der Waals surface area contributed by atoms with E-state index in [1.807, 2.05) is 12.1 Å². The van der Waals surface area contributed by atoms with Crippen molar-refractivity contribution in [3.63, 3.8) is 0 Å². The maximum Gasteiger partial charge on any atom is 0.163 e. The summed E-state index contributed by atoms with van der Waals surface area (Å²) in [4.78, 5) is 24.0. The molecular weight excluding hydrogens is 530 g/mol. The number of anilines is 1. The highest BCUT2D eigenvalue weighted by Gasteiger charge is 2.24. The molecule has 0 atom stereocenters. The number of aromatic hydroxyl groups is 1. The van der Waals surface area contributed by atoms with Crippen LogP contribution in [0.15, 0.2) is 30.5 Å². The molecular formula is C25H30Cl4N4O2. The van der Waals surface area contributed by atoms with Crippen molar-refractivity contribution in [2.24, 2.45) is 5.92 Å². The lowest BCUT2D eigenvalue weighted by Gasteiger charge is -2.31. The van der Waals surface area contributed by atoms with Crippen molar-refractivity contribution >= 4 is 70.5 Å². The van der Waals surface area contributed by atoms with E-state index in [9.17, 15) is 9.90 Å². The van der Waals surface area contributed by atoms with E-state index in [0.717, 1.165) is 37.9 Å². The first-order valence-corrected chi connectivity index (χ1v) is 11.9. The highest BCUT2D eigenvalue weighted by atomic mass is 35.5. The fourth-order valence-electron chi connectivity index (χ4n) is 4.56. The van der Waals surface area contributed by atoms with Gasteiger partial charge < -0.3 is 15.3 Å². The normalized spacial score (nSPS) is 17.5. The third-order valence-electron chi connectivity index (χ3n) is 6.22. The summed E-state index contributed by atoms with van der Waals surface area (Å²) >= 11 is 12.2. The standard InChI is InChI=1S/C25H28Cl2N4O2.2ClH/c1-14(32)18-12-28-22-9-8-21(16-10-19(26)25(33)20(27)11-16)30-24(22)23(18)29-17-6-4-15(5-7-17)13-31(2)3;;/h8-12,15,17,33H,4-7,13H2,1-3H3,(H,28,29);2*1H. The number of nitrogens with one attached hydrogen (secondary N) is 1. The van der Waals surface area contributed by atoms with Crippen molar-refractivity contribution in [2.75, 3.05) is 26.0 Å². The lowest BCUT2D eigenvalue weighted by atomic mass is 9.85. The van der Waals surface area contributed by atoms with Gasteiger partial charge in [-0.05, 0) is 76.9 Å². The number of aromatic nitrogens is 2. The number of phenols is 1. The van der Waals surface area contributed by atoms with Crippen LogP contribution in [-0.4, -0.2) is 52.4 Å². The van der Waals surface area contributed by atoms with Gasteiger partial charge in [0.1, 0.15) is 5.52 Å². The first-order valence-electron chi connectivity index (χ1n) is 11.1. The summed E-state index contributed by atoms with van der Waals surface area (Å²) in [5.74, 6) is 0.486. The van der Waals surface area contributed by atoms with Gasteiger partial charge in [0.2, 0.25) is 0 Å². The Morgan fingerprint density at radius 3 is 2.31 bits per heavy atom. The molecule has 2 aromatic heterocycles. The molecule has 0 unspecified atom stereocenters. The molecule has 1 fully saturated rings. The number of phenolic OH excluding ortho intramolecular Hbond substituents is 1. The summed E-state index contributed by atoms with van der Waals surface area (Å²) in [6, 6.07) is 7.22. The number of pyridine rings is 2. The molecule has 1 aliphatic carbocycles. The van der Waals surface area contributed by atoms with E-state index < -0.39 is 0 Å². The number of ketones is 1. The fourth-order valence-corrected chi connectivity index (χ4v) is 5.05. The van der Waals surface area contributed by atoms with Crippen LogP contribution < -0.4 is 5.32 Å². The molecule has 190 valence electrons. The van der Waals surface area contributed by atoms with Crippen molar-refractivity contribution in [3.05, 3.63) is 46.1 Å². The number of hydrogen-bond donors (Lipinski definition) is 2. The largest absolute Gasteiger partial charge is 0.505 e. The number of benzene rings is 1. The Morgan fingerprint density at radius 2 is 1.74 bits per heavy atom. The minimum Gasteiger partial charge on any atom is -0.505 e. The van der Waals surface area contributed by atoms with E-state index in [-0.39, 0.29) is 52.4 Å². The summed E-state index contributed by atoms with van der Waals surface area (Å²) in [5.41, 5.74) is 3.89. The monoisotopic (exact) mass is 558 g/mol. The zero-order valence-electron chi connectivity index (χ0n) is 19.8. The fraction of sp³-hybridized carbons (Fsp3) is 0.400. The van der Waals surface area contributed by atoms with Gasteiger partial charge in [-0.15, -0.1) is 24.8 Å². The SMILES string of the molecule is CC(=O)c1cnc2ccc(-c3cc(Cl)c(O)c(Cl)c3)nc2c1NC1CCC(CN(C)C)CC1.Cl.Cl. The zero-order chi connectivity index (χ0) is 23.7. The predicted molar refractivity (Wildman–Crippen MR) is 149 cm³/mol. The second-order valence-electron chi connectivity index (χ2n) is 9.08. The van der Waals surface area contributed by atoms with E-state index in [1.54, 1.807) is 25.3 Å². The van der Waals surface area contributed by atoms with Gasteiger partial charge in [0.05, 0.1) is 32.5 Å². The molecule has 1 aromatic carbocycles. The molecule has 35 heavy (non-hydrogen) atoms. The number of Topliss-reactive ketones (excluding diaryl/α,β-unsaturated/α-hetero) is 1. The van der Waals surface area contributed by atoms with Crippen molar-refractivity contribution in [1.82, 2.24) is 14.9 Å². The summed E-state index contributed by atoms with van der Waals surface area (Å²) in [5, 5.41) is 13.8. The number of halogens is 4. The number of carbonyl (C=O) groups is 1. The van der Waals surface area contributed by atoms with Crippen LogP contribution >= 0.6 is 48.0 Å². The number of nitrogens with zero attached hydrogens (tertiary/aromatic N) is 3. The molecule has 1 saturated carbocycles. The van der Waals surface area contributed by atoms with Crippen LogP contribution in [-0.2, 0) is 0 Å². The molecule has 0 radical (unpaired) electrons. The number of fused-ring (bicyclic) bond motifs is 1. The highest BCUT2D eigenvalue weighted by molar-refractivity contribution is 6.37. The Hall–Kier alpha value is -1.83. The highest BCUT2D eigenvalue weighted by Crippen LogP contribution is 2.37. The second kappa shape index (κ2) is 12.4. The van der Waals surface area contributed by atoms with Crippen molar-refractivity contribution in [1.29, 1.82) is 0 Å². The Labute approximate surface area is 228 Å². The molecule has 1 aliphatic rings. The van der Waals surface area contributed by atoms with E-state index in [2.05, 4.69) is 29.3 Å². The van der Waals surface area contributed by atoms with Gasteiger partial charge >= 0.3 is 0 Å². The van der Waals surface area contributed by atoms with Crippen LogP contribution in [0.3, 0.4) is 0 Å². The third-order valence-corrected chi connectivity index (χ3v) is 6.80. The minimum atomic E-state index is -0.157. The van der Waals surface area contributed by atoms with Gasteiger partial charge in [-0.1, -0.05) is 23.2 Å². The van der Waals surface area contributed by atoms with Crippen molar-refractivity contribution in [3.8, 4) is 17.0 Å². The van der Waals surface area contributed by atoms with Crippen LogP contribution in [0.5, 0.6) is 5.75 Å². The molecule has 4 rings (SSSR count). The minimum absolute atomic E-state index is 0.